The van der Waals surface area contributed by atoms with E-state index in [0.717, 1.165) is 0 Å². The highest BCUT2D eigenvalue weighted by molar-refractivity contribution is 6.30. The summed E-state index contributed by atoms with van der Waals surface area (Å²) in [5.74, 6) is -0.310. The van der Waals surface area contributed by atoms with Gasteiger partial charge in [-0.25, -0.2) is 0 Å². The van der Waals surface area contributed by atoms with E-state index in [1.807, 2.05) is 0 Å². The lowest BCUT2D eigenvalue weighted by atomic mass is 10.3. The van der Waals surface area contributed by atoms with Crippen molar-refractivity contribution in [2.24, 2.45) is 0 Å². The van der Waals surface area contributed by atoms with E-state index in [1.165, 1.54) is 12.3 Å². The second-order valence-electron chi connectivity index (χ2n) is 3.06. The molecule has 0 fully saturated rings. The molecular formula is C11H8ClN3O. The van der Waals surface area contributed by atoms with Crippen LogP contribution in [0.3, 0.4) is 0 Å². The number of carbonyl (C=O) groups is 1. The van der Waals surface area contributed by atoms with Crippen LogP contribution >= 0.6 is 11.6 Å². The number of nitrogens with zero attached hydrogens (tertiary/aromatic N) is 2. The maximum absolute atomic E-state index is 11.7. The van der Waals surface area contributed by atoms with Crippen LogP contribution in [0, 0.1) is 0 Å². The van der Waals surface area contributed by atoms with E-state index in [4.69, 9.17) is 11.6 Å². The van der Waals surface area contributed by atoms with Crippen molar-refractivity contribution in [1.82, 2.24) is 9.97 Å². The molecule has 0 saturated heterocycles. The molecule has 2 aromatic heterocycles. The Balaban J connectivity index is 2.15. The van der Waals surface area contributed by atoms with Gasteiger partial charge in [0.2, 0.25) is 0 Å². The standard InChI is InChI=1S/C11H8ClN3O/c12-8-3-5-14-10(6-8)11(16)15-9-2-1-4-13-7-9/h1-7H,(H,15,16). The van der Waals surface area contributed by atoms with Gasteiger partial charge < -0.3 is 5.32 Å². The third kappa shape index (κ3) is 2.55. The summed E-state index contributed by atoms with van der Waals surface area (Å²) in [5.41, 5.74) is 0.894. The number of carbonyl (C=O) groups excluding carboxylic acids is 1. The monoisotopic (exact) mass is 233 g/mol. The van der Waals surface area contributed by atoms with E-state index in [2.05, 4.69) is 15.3 Å². The second kappa shape index (κ2) is 4.72. The molecule has 0 aliphatic heterocycles. The van der Waals surface area contributed by atoms with E-state index in [1.54, 1.807) is 30.6 Å². The van der Waals surface area contributed by atoms with Gasteiger partial charge in [-0.2, -0.15) is 0 Å². The summed E-state index contributed by atoms with van der Waals surface area (Å²) in [5, 5.41) is 3.14. The molecule has 5 heteroatoms. The number of rotatable bonds is 2. The largest absolute Gasteiger partial charge is 0.319 e. The maximum atomic E-state index is 11.7. The predicted octanol–water partition coefficient (Wildman–Crippen LogP) is 2.38. The first kappa shape index (κ1) is 10.6. The Morgan fingerprint density at radius 2 is 2.19 bits per heavy atom. The number of amides is 1. The molecule has 2 rings (SSSR count). The highest BCUT2D eigenvalue weighted by Crippen LogP contribution is 2.10. The van der Waals surface area contributed by atoms with Crippen LogP contribution in [-0.2, 0) is 0 Å². The molecule has 0 unspecified atom stereocenters. The van der Waals surface area contributed by atoms with Crippen molar-refractivity contribution in [3.05, 3.63) is 53.6 Å². The van der Waals surface area contributed by atoms with E-state index in [0.29, 0.717) is 10.7 Å². The van der Waals surface area contributed by atoms with Crippen molar-refractivity contribution in [1.29, 1.82) is 0 Å². The van der Waals surface area contributed by atoms with Gasteiger partial charge in [-0.05, 0) is 24.3 Å². The van der Waals surface area contributed by atoms with Crippen molar-refractivity contribution in [3.63, 3.8) is 0 Å². The molecule has 2 aromatic rings. The van der Waals surface area contributed by atoms with Crippen molar-refractivity contribution in [3.8, 4) is 0 Å². The number of hydrogen-bond donors (Lipinski definition) is 1. The smallest absolute Gasteiger partial charge is 0.274 e. The molecule has 0 atom stereocenters. The van der Waals surface area contributed by atoms with Gasteiger partial charge in [0.1, 0.15) is 5.69 Å². The van der Waals surface area contributed by atoms with E-state index < -0.39 is 0 Å². The highest BCUT2D eigenvalue weighted by Gasteiger charge is 2.07. The van der Waals surface area contributed by atoms with E-state index in [9.17, 15) is 4.79 Å². The summed E-state index contributed by atoms with van der Waals surface area (Å²) < 4.78 is 0. The Bertz CT molecular complexity index is 502. The maximum Gasteiger partial charge on any atom is 0.274 e. The molecule has 0 radical (unpaired) electrons. The minimum absolute atomic E-state index is 0.274. The average molecular weight is 234 g/mol. The molecule has 0 saturated carbocycles. The summed E-state index contributed by atoms with van der Waals surface area (Å²) in [6.07, 6.45) is 4.68. The van der Waals surface area contributed by atoms with Gasteiger partial charge in [-0.3, -0.25) is 14.8 Å². The summed E-state index contributed by atoms with van der Waals surface area (Å²) in [6, 6.07) is 6.60. The minimum Gasteiger partial charge on any atom is -0.319 e. The third-order valence-electron chi connectivity index (χ3n) is 1.87. The molecule has 16 heavy (non-hydrogen) atoms. The molecule has 0 bridgehead atoms. The predicted molar refractivity (Wildman–Crippen MR) is 61.4 cm³/mol. The van der Waals surface area contributed by atoms with Crippen molar-refractivity contribution >= 4 is 23.2 Å². The zero-order chi connectivity index (χ0) is 11.4. The Morgan fingerprint density at radius 3 is 2.88 bits per heavy atom. The van der Waals surface area contributed by atoms with Crippen LogP contribution in [0.25, 0.3) is 0 Å². The molecular weight excluding hydrogens is 226 g/mol. The van der Waals surface area contributed by atoms with Crippen LogP contribution < -0.4 is 5.32 Å². The van der Waals surface area contributed by atoms with Gasteiger partial charge in [0.15, 0.2) is 0 Å². The summed E-state index contributed by atoms with van der Waals surface area (Å²) in [7, 11) is 0. The van der Waals surface area contributed by atoms with Crippen molar-refractivity contribution in [2.75, 3.05) is 5.32 Å². The fraction of sp³-hybridized carbons (Fsp3) is 0. The number of aromatic nitrogens is 2. The lowest BCUT2D eigenvalue weighted by molar-refractivity contribution is 0.102. The molecule has 0 aliphatic rings. The lowest BCUT2D eigenvalue weighted by Gasteiger charge is -2.03. The molecule has 1 amide bonds. The van der Waals surface area contributed by atoms with Gasteiger partial charge in [-0.15, -0.1) is 0 Å². The van der Waals surface area contributed by atoms with Gasteiger partial charge in [0, 0.05) is 17.4 Å². The minimum atomic E-state index is -0.310. The topological polar surface area (TPSA) is 54.9 Å². The zero-order valence-electron chi connectivity index (χ0n) is 8.22. The van der Waals surface area contributed by atoms with Gasteiger partial charge in [0.05, 0.1) is 11.9 Å². The number of hydrogen-bond acceptors (Lipinski definition) is 3. The Hall–Kier alpha value is -1.94. The van der Waals surface area contributed by atoms with Crippen LogP contribution in [0.15, 0.2) is 42.9 Å². The Kier molecular flexibility index (Phi) is 3.12. The first-order valence-electron chi connectivity index (χ1n) is 4.58. The second-order valence-corrected chi connectivity index (χ2v) is 3.49. The molecule has 0 spiro atoms. The van der Waals surface area contributed by atoms with Crippen LogP contribution in [0.1, 0.15) is 10.5 Å². The Labute approximate surface area is 97.3 Å². The van der Waals surface area contributed by atoms with E-state index in [-0.39, 0.29) is 11.6 Å². The number of nitrogens with one attached hydrogen (secondary N) is 1. The van der Waals surface area contributed by atoms with Crippen molar-refractivity contribution < 1.29 is 4.79 Å². The quantitative estimate of drug-likeness (QED) is 0.867. The van der Waals surface area contributed by atoms with Gasteiger partial charge in [0.25, 0.3) is 5.91 Å². The molecule has 2 heterocycles. The van der Waals surface area contributed by atoms with Gasteiger partial charge >= 0.3 is 0 Å². The normalized spacial score (nSPS) is 9.81. The average Bonchev–Trinajstić information content (AvgIpc) is 2.30. The fourth-order valence-electron chi connectivity index (χ4n) is 1.16. The number of pyridine rings is 2. The first-order valence-corrected chi connectivity index (χ1v) is 4.96. The fourth-order valence-corrected chi connectivity index (χ4v) is 1.32. The van der Waals surface area contributed by atoms with Gasteiger partial charge in [-0.1, -0.05) is 11.6 Å². The third-order valence-corrected chi connectivity index (χ3v) is 2.11. The van der Waals surface area contributed by atoms with Crippen molar-refractivity contribution in [2.45, 2.75) is 0 Å². The SMILES string of the molecule is O=C(Nc1cccnc1)c1cc(Cl)ccn1. The summed E-state index contributed by atoms with van der Waals surface area (Å²) >= 11 is 5.76. The zero-order valence-corrected chi connectivity index (χ0v) is 8.98. The Morgan fingerprint density at radius 1 is 1.31 bits per heavy atom. The van der Waals surface area contributed by atoms with Crippen LogP contribution in [-0.4, -0.2) is 15.9 Å². The van der Waals surface area contributed by atoms with Crippen LogP contribution in [0.4, 0.5) is 5.69 Å². The molecule has 0 aromatic carbocycles. The summed E-state index contributed by atoms with van der Waals surface area (Å²) in [4.78, 5) is 19.5. The number of anilines is 1. The van der Waals surface area contributed by atoms with Crippen LogP contribution in [0.5, 0.6) is 0 Å². The highest BCUT2D eigenvalue weighted by atomic mass is 35.5. The molecule has 0 aliphatic carbocycles. The van der Waals surface area contributed by atoms with Crippen LogP contribution in [0.2, 0.25) is 5.02 Å². The molecule has 80 valence electrons. The molecule has 4 nitrogen and oxygen atoms in total. The molecule has 1 N–H and O–H groups in total. The summed E-state index contributed by atoms with van der Waals surface area (Å²) in [6.45, 7) is 0. The van der Waals surface area contributed by atoms with E-state index >= 15 is 0 Å². The lowest BCUT2D eigenvalue weighted by Crippen LogP contribution is -2.13. The number of halogens is 1. The first-order chi connectivity index (χ1) is 7.75.